The van der Waals surface area contributed by atoms with E-state index in [4.69, 9.17) is 0 Å². The van der Waals surface area contributed by atoms with Crippen LogP contribution >= 0.6 is 10.2 Å². The molecule has 0 heterocycles. The van der Waals surface area contributed by atoms with Crippen LogP contribution in [0.2, 0.25) is 0 Å². The highest BCUT2D eigenvalue weighted by Crippen LogP contribution is 2.98. The highest BCUT2D eigenvalue weighted by molar-refractivity contribution is 8.48. The molecule has 0 fully saturated rings. The highest BCUT2D eigenvalue weighted by atomic mass is 32.5. The molecule has 0 aliphatic carbocycles. The Bertz CT molecular complexity index is 253. The van der Waals surface area contributed by atoms with E-state index in [2.05, 4.69) is 6.92 Å². The van der Waals surface area contributed by atoms with Crippen molar-refractivity contribution in [1.82, 2.24) is 0 Å². The number of hydrogen-bond donors (Lipinski definition) is 0. The minimum atomic E-state index is -9.32. The summed E-state index contributed by atoms with van der Waals surface area (Å²) >= 11 is 0. The van der Waals surface area contributed by atoms with Gasteiger partial charge in [-0.3, -0.25) is 0 Å². The van der Waals surface area contributed by atoms with Crippen LogP contribution in [0.25, 0.3) is 0 Å². The van der Waals surface area contributed by atoms with Crippen LogP contribution in [0, 0.1) is 0 Å². The normalized spacial score (nSPS) is 16.8. The minimum Gasteiger partial charge on any atom is -0.0942 e. The van der Waals surface area contributed by atoms with Crippen molar-refractivity contribution in [2.24, 2.45) is 0 Å². The lowest BCUT2D eigenvalue weighted by atomic mass is 10.1. The van der Waals surface area contributed by atoms with Gasteiger partial charge in [0.05, 0.1) is 5.41 Å². The van der Waals surface area contributed by atoms with Gasteiger partial charge in [-0.25, -0.2) is 0 Å². The topological polar surface area (TPSA) is 0 Å². The fourth-order valence-electron chi connectivity index (χ4n) is 1.65. The summed E-state index contributed by atoms with van der Waals surface area (Å²) in [5, 5.41) is -0.832. The molecule has 18 heavy (non-hydrogen) atoms. The number of rotatable bonds is 10. The molecule has 0 aromatic heterocycles. The van der Waals surface area contributed by atoms with Gasteiger partial charge in [-0.2, -0.15) is 0 Å². The predicted molar refractivity (Wildman–Crippen MR) is 69.5 cm³/mol. The van der Waals surface area contributed by atoms with Crippen LogP contribution in [-0.4, -0.2) is 0 Å². The standard InChI is InChI=1S/C12H23F5S/c1-2-3-4-5-6-7-8-9-10-11-12-18(13,14,15,16)17/h11-12H,2-10H2,1H3. The van der Waals surface area contributed by atoms with Gasteiger partial charge in [0.1, 0.15) is 0 Å². The van der Waals surface area contributed by atoms with Crippen LogP contribution in [0.5, 0.6) is 0 Å². The lowest BCUT2D eigenvalue weighted by molar-refractivity contribution is 0.384. The van der Waals surface area contributed by atoms with Crippen molar-refractivity contribution >= 4 is 10.2 Å². The fraction of sp³-hybridized carbons (Fsp3) is 0.833. The molecule has 0 aromatic rings. The number of allylic oxidation sites excluding steroid dienone is 1. The molecular formula is C12H23F5S. The van der Waals surface area contributed by atoms with Crippen LogP contribution in [-0.2, 0) is 0 Å². The number of halogens is 5. The smallest absolute Gasteiger partial charge is 0.0942 e. The Morgan fingerprint density at radius 3 is 1.61 bits per heavy atom. The van der Waals surface area contributed by atoms with E-state index in [1.165, 1.54) is 19.3 Å². The minimum absolute atomic E-state index is 0.0700. The zero-order valence-corrected chi connectivity index (χ0v) is 11.6. The van der Waals surface area contributed by atoms with E-state index in [-0.39, 0.29) is 6.42 Å². The third-order valence-electron chi connectivity index (χ3n) is 2.58. The molecule has 0 radical (unpaired) electrons. The zero-order chi connectivity index (χ0) is 14.2. The van der Waals surface area contributed by atoms with Gasteiger partial charge in [0, 0.05) is 0 Å². The van der Waals surface area contributed by atoms with E-state index in [1.54, 1.807) is 0 Å². The number of unbranched alkanes of at least 4 members (excludes halogenated alkanes) is 8. The van der Waals surface area contributed by atoms with Crippen molar-refractivity contribution in [1.29, 1.82) is 0 Å². The third kappa shape index (κ3) is 15.7. The van der Waals surface area contributed by atoms with Crippen molar-refractivity contribution in [2.75, 3.05) is 0 Å². The first-order valence-corrected chi connectivity index (χ1v) is 8.47. The molecule has 0 rings (SSSR count). The first-order chi connectivity index (χ1) is 8.04. The summed E-state index contributed by atoms with van der Waals surface area (Å²) in [7, 11) is -9.32. The van der Waals surface area contributed by atoms with Crippen LogP contribution in [0.4, 0.5) is 19.4 Å². The average molecular weight is 294 g/mol. The van der Waals surface area contributed by atoms with Crippen molar-refractivity contribution < 1.29 is 19.4 Å². The average Bonchev–Trinajstić information content (AvgIpc) is 2.17. The molecule has 0 nitrogen and oxygen atoms in total. The molecular weight excluding hydrogens is 271 g/mol. The third-order valence-corrected chi connectivity index (χ3v) is 3.28. The maximum Gasteiger partial charge on any atom is 0.304 e. The largest absolute Gasteiger partial charge is 0.304 e. The molecule has 0 atom stereocenters. The van der Waals surface area contributed by atoms with Gasteiger partial charge in [0.25, 0.3) is 0 Å². The molecule has 0 saturated heterocycles. The van der Waals surface area contributed by atoms with Crippen molar-refractivity contribution in [3.05, 3.63) is 11.5 Å². The molecule has 0 N–H and O–H groups in total. The zero-order valence-electron chi connectivity index (χ0n) is 10.8. The second kappa shape index (κ2) is 6.26. The van der Waals surface area contributed by atoms with E-state index in [0.717, 1.165) is 25.7 Å². The van der Waals surface area contributed by atoms with Gasteiger partial charge in [0.2, 0.25) is 0 Å². The molecule has 0 spiro atoms. The fourth-order valence-corrected chi connectivity index (χ4v) is 2.15. The highest BCUT2D eigenvalue weighted by Gasteiger charge is 2.60. The summed E-state index contributed by atoms with van der Waals surface area (Å²) in [6, 6.07) is 0. The van der Waals surface area contributed by atoms with Gasteiger partial charge in [-0.05, 0) is 12.8 Å². The molecule has 0 aliphatic heterocycles. The summed E-state index contributed by atoms with van der Waals surface area (Å²) in [6.07, 6.45) is 8.74. The molecule has 0 aliphatic rings. The second-order valence-electron chi connectivity index (χ2n) is 4.66. The second-order valence-corrected chi connectivity index (χ2v) is 6.99. The lowest BCUT2D eigenvalue weighted by Crippen LogP contribution is -1.98. The van der Waals surface area contributed by atoms with Crippen LogP contribution in [0.15, 0.2) is 11.5 Å². The summed E-state index contributed by atoms with van der Waals surface area (Å²) in [5.74, 6) is 0. The van der Waals surface area contributed by atoms with Gasteiger partial charge in [-0.1, -0.05) is 77.4 Å². The van der Waals surface area contributed by atoms with E-state index < -0.39 is 15.6 Å². The Hall–Kier alpha value is -0.260. The van der Waals surface area contributed by atoms with Crippen molar-refractivity contribution in [3.8, 4) is 0 Å². The molecule has 6 heteroatoms. The Labute approximate surface area is 106 Å². The Kier molecular flexibility index (Phi) is 6.17. The van der Waals surface area contributed by atoms with Gasteiger partial charge >= 0.3 is 10.2 Å². The molecule has 0 saturated carbocycles. The van der Waals surface area contributed by atoms with Crippen LogP contribution in [0.3, 0.4) is 0 Å². The van der Waals surface area contributed by atoms with Gasteiger partial charge < -0.3 is 0 Å². The lowest BCUT2D eigenvalue weighted by Gasteiger charge is -2.36. The molecule has 0 amide bonds. The monoisotopic (exact) mass is 294 g/mol. The molecule has 0 unspecified atom stereocenters. The first kappa shape index (κ1) is 17.7. The van der Waals surface area contributed by atoms with Gasteiger partial charge in [0.15, 0.2) is 0 Å². The first-order valence-electron chi connectivity index (χ1n) is 6.46. The molecule has 112 valence electrons. The van der Waals surface area contributed by atoms with Crippen molar-refractivity contribution in [3.63, 3.8) is 0 Å². The number of hydrogen-bond acceptors (Lipinski definition) is 0. The summed E-state index contributed by atoms with van der Waals surface area (Å²) in [5.41, 5.74) is 0. The summed E-state index contributed by atoms with van der Waals surface area (Å²) < 4.78 is 59.4. The van der Waals surface area contributed by atoms with Crippen molar-refractivity contribution in [2.45, 2.75) is 64.7 Å². The van der Waals surface area contributed by atoms with Crippen LogP contribution < -0.4 is 0 Å². The van der Waals surface area contributed by atoms with E-state index in [0.29, 0.717) is 12.5 Å². The Balaban J connectivity index is 3.50. The Morgan fingerprint density at radius 2 is 1.17 bits per heavy atom. The van der Waals surface area contributed by atoms with Crippen LogP contribution in [0.1, 0.15) is 64.7 Å². The maximum atomic E-state index is 11.9. The quantitative estimate of drug-likeness (QED) is 0.292. The maximum absolute atomic E-state index is 11.9. The molecule has 0 bridgehead atoms. The summed E-state index contributed by atoms with van der Waals surface area (Å²) in [6.45, 7) is 2.13. The predicted octanol–water partition coefficient (Wildman–Crippen LogP) is 7.33. The summed E-state index contributed by atoms with van der Waals surface area (Å²) in [4.78, 5) is 0. The van der Waals surface area contributed by atoms with E-state index in [9.17, 15) is 19.4 Å². The molecule has 0 aromatic carbocycles. The van der Waals surface area contributed by atoms with Gasteiger partial charge in [-0.15, -0.1) is 0 Å². The van der Waals surface area contributed by atoms with E-state index >= 15 is 0 Å². The Morgan fingerprint density at radius 1 is 0.722 bits per heavy atom. The van der Waals surface area contributed by atoms with E-state index in [1.807, 2.05) is 0 Å². The SMILES string of the molecule is CCCCCCCCCCC=CS(F)(F)(F)(F)F.